The zero-order chi connectivity index (χ0) is 29.9. The van der Waals surface area contributed by atoms with E-state index >= 15 is 0 Å². The van der Waals surface area contributed by atoms with Crippen molar-refractivity contribution in [1.82, 2.24) is 15.3 Å². The van der Waals surface area contributed by atoms with E-state index in [2.05, 4.69) is 15.5 Å². The molecule has 0 aliphatic heterocycles. The summed E-state index contributed by atoms with van der Waals surface area (Å²) in [5.41, 5.74) is 7.11. The minimum Gasteiger partial charge on any atom is -0.508 e. The summed E-state index contributed by atoms with van der Waals surface area (Å²) in [6.45, 7) is 0. The first-order valence-corrected chi connectivity index (χ1v) is 12.0. The molecule has 1 heterocycles. The Morgan fingerprint density at radius 1 is 1.05 bits per heavy atom. The topological polar surface area (TPSA) is 163 Å². The van der Waals surface area contributed by atoms with Gasteiger partial charge in [-0.2, -0.15) is 18.7 Å². The number of nitrogens with zero attached hydrogens (tertiary/aromatic N) is 3. The van der Waals surface area contributed by atoms with Crippen LogP contribution in [0.5, 0.6) is 5.75 Å². The van der Waals surface area contributed by atoms with Crippen LogP contribution in [0.3, 0.4) is 0 Å². The molecule has 41 heavy (non-hydrogen) atoms. The van der Waals surface area contributed by atoms with E-state index in [0.717, 1.165) is 23.2 Å². The number of likely N-dealkylation sites (N-methyl/N-ethyl adjacent to an activating group) is 1. The van der Waals surface area contributed by atoms with Gasteiger partial charge in [0.05, 0.1) is 22.7 Å². The predicted molar refractivity (Wildman–Crippen MR) is 143 cm³/mol. The zero-order valence-corrected chi connectivity index (χ0v) is 21.4. The lowest BCUT2D eigenvalue weighted by Crippen LogP contribution is -2.47. The van der Waals surface area contributed by atoms with Gasteiger partial charge < -0.3 is 15.5 Å². The molecule has 210 valence electrons. The van der Waals surface area contributed by atoms with Gasteiger partial charge in [-0.3, -0.25) is 10.2 Å². The number of hydrogen-bond donors (Lipinski definition) is 5. The van der Waals surface area contributed by atoms with Crippen LogP contribution in [0.15, 0.2) is 78.0 Å². The van der Waals surface area contributed by atoms with Crippen molar-refractivity contribution in [3.8, 4) is 16.9 Å². The lowest BCUT2D eigenvalue weighted by molar-refractivity contribution is -0.137. The number of aromatic nitrogens is 1. The fourth-order valence-corrected chi connectivity index (χ4v) is 4.17. The van der Waals surface area contributed by atoms with E-state index in [4.69, 9.17) is 10.9 Å². The number of phenolic OH excluding ortho intramolecular Hbond substituents is 1. The largest absolute Gasteiger partial charge is 0.508 e. The Bertz CT molecular complexity index is 1660. The first-order valence-electron chi connectivity index (χ1n) is 12.0. The van der Waals surface area contributed by atoms with E-state index in [0.29, 0.717) is 11.1 Å². The van der Waals surface area contributed by atoms with Gasteiger partial charge in [-0.25, -0.2) is 14.8 Å². The van der Waals surface area contributed by atoms with Crippen molar-refractivity contribution in [3.63, 3.8) is 0 Å². The van der Waals surface area contributed by atoms with Crippen LogP contribution >= 0.6 is 0 Å². The molecule has 0 saturated carbocycles. The number of halogens is 3. The number of carboxylic acids is 1. The summed E-state index contributed by atoms with van der Waals surface area (Å²) in [6, 6.07) is 15.0. The number of nitrogens with one attached hydrogen (secondary N) is 3. The summed E-state index contributed by atoms with van der Waals surface area (Å²) < 4.78 is 39.6. The van der Waals surface area contributed by atoms with E-state index in [9.17, 15) is 33.0 Å². The standard InChI is InChI=1S/C28H23F3N6O4/c1-37(36-33)25(32)23(11-15-5-8-19(38)9-6-15)35-26(39)24-14-21(27(40)41)20-13-17(7-10-22(20)34-24)16-3-2-4-18(12-16)28(29,30)31/h2-10,12-14,23,32-33,38H,11H2,1H3,(H,35,39)(H,40,41)/t23-/m0/s1. The van der Waals surface area contributed by atoms with Crippen molar-refractivity contribution >= 4 is 28.6 Å². The molecule has 5 N–H and O–H groups in total. The number of pyridine rings is 1. The highest BCUT2D eigenvalue weighted by Crippen LogP contribution is 2.33. The average Bonchev–Trinajstić information content (AvgIpc) is 2.95. The number of amidine groups is 1. The number of aromatic carboxylic acids is 1. The minimum absolute atomic E-state index is 0.0282. The minimum atomic E-state index is -4.55. The van der Waals surface area contributed by atoms with Gasteiger partial charge in [0.25, 0.3) is 5.91 Å². The van der Waals surface area contributed by atoms with Crippen LogP contribution in [-0.2, 0) is 12.6 Å². The third-order valence-electron chi connectivity index (χ3n) is 6.31. The molecule has 0 bridgehead atoms. The molecule has 1 atom stereocenters. The highest BCUT2D eigenvalue weighted by atomic mass is 19.4. The highest BCUT2D eigenvalue weighted by Gasteiger charge is 2.30. The van der Waals surface area contributed by atoms with Crippen molar-refractivity contribution in [3.05, 3.63) is 95.2 Å². The summed E-state index contributed by atoms with van der Waals surface area (Å²) >= 11 is 0. The van der Waals surface area contributed by atoms with Gasteiger partial charge in [0.15, 0.2) is 0 Å². The SMILES string of the molecule is CN(N=N)C(=N)[C@H](Cc1ccc(O)cc1)NC(=O)c1cc(C(=O)O)c2cc(-c3cccc(C(F)(F)F)c3)ccc2n1. The van der Waals surface area contributed by atoms with Crippen LogP contribution in [0.2, 0.25) is 0 Å². The zero-order valence-electron chi connectivity index (χ0n) is 21.4. The summed E-state index contributed by atoms with van der Waals surface area (Å²) in [5.74, 6) is -2.39. The molecule has 0 aliphatic carbocycles. The molecule has 1 amide bonds. The Balaban J connectivity index is 1.70. The maximum atomic E-state index is 13.2. The third-order valence-corrected chi connectivity index (χ3v) is 6.31. The Morgan fingerprint density at radius 3 is 2.37 bits per heavy atom. The van der Waals surface area contributed by atoms with Crippen LogP contribution in [0.25, 0.3) is 22.0 Å². The van der Waals surface area contributed by atoms with E-state index in [1.807, 2.05) is 0 Å². The molecule has 10 nitrogen and oxygen atoms in total. The van der Waals surface area contributed by atoms with Gasteiger partial charge in [0, 0.05) is 12.4 Å². The first kappa shape index (κ1) is 28.7. The second-order valence-corrected chi connectivity index (χ2v) is 9.08. The number of benzene rings is 3. The third kappa shape index (κ3) is 6.46. The van der Waals surface area contributed by atoms with Crippen LogP contribution in [0.4, 0.5) is 13.2 Å². The number of rotatable bonds is 8. The van der Waals surface area contributed by atoms with Crippen LogP contribution in [-0.4, -0.2) is 51.0 Å². The van der Waals surface area contributed by atoms with Gasteiger partial charge in [0.2, 0.25) is 0 Å². The maximum absolute atomic E-state index is 13.2. The molecule has 0 fully saturated rings. The lowest BCUT2D eigenvalue weighted by Gasteiger charge is -2.23. The van der Waals surface area contributed by atoms with Crippen LogP contribution in [0, 0.1) is 10.9 Å². The molecule has 13 heteroatoms. The first-order chi connectivity index (χ1) is 19.4. The number of phenols is 1. The number of amides is 1. The molecule has 0 spiro atoms. The van der Waals surface area contributed by atoms with E-state index in [1.54, 1.807) is 12.1 Å². The van der Waals surface area contributed by atoms with Gasteiger partial charge in [0.1, 0.15) is 17.3 Å². The van der Waals surface area contributed by atoms with E-state index in [1.165, 1.54) is 49.5 Å². The van der Waals surface area contributed by atoms with Crippen molar-refractivity contribution in [2.24, 2.45) is 5.22 Å². The molecular formula is C28H23F3N6O4. The molecule has 0 saturated heterocycles. The van der Waals surface area contributed by atoms with Crippen molar-refractivity contribution in [2.45, 2.75) is 18.6 Å². The molecule has 0 unspecified atom stereocenters. The predicted octanol–water partition coefficient (Wildman–Crippen LogP) is 5.52. The number of carbonyl (C=O) groups excluding carboxylic acids is 1. The maximum Gasteiger partial charge on any atom is 0.416 e. The molecule has 4 aromatic rings. The second-order valence-electron chi connectivity index (χ2n) is 9.08. The van der Waals surface area contributed by atoms with Crippen molar-refractivity contribution in [2.75, 3.05) is 7.05 Å². The van der Waals surface area contributed by atoms with Crippen LogP contribution < -0.4 is 5.32 Å². The monoisotopic (exact) mass is 564 g/mol. The highest BCUT2D eigenvalue weighted by molar-refractivity contribution is 6.07. The summed E-state index contributed by atoms with van der Waals surface area (Å²) in [5, 5.41) is 34.7. The molecule has 0 aliphatic rings. The number of hydrogen-bond acceptors (Lipinski definition) is 7. The Hall–Kier alpha value is -5.33. The van der Waals surface area contributed by atoms with Gasteiger partial charge in [-0.05, 0) is 65.6 Å². The van der Waals surface area contributed by atoms with Crippen molar-refractivity contribution < 1.29 is 33.0 Å². The summed E-state index contributed by atoms with van der Waals surface area (Å²) in [7, 11) is 1.35. The number of aromatic hydroxyl groups is 1. The number of alkyl halides is 3. The second kappa shape index (κ2) is 11.4. The quantitative estimate of drug-likeness (QED) is 0.0819. The number of fused-ring (bicyclic) bond motifs is 1. The normalized spacial score (nSPS) is 12.0. The molecule has 3 aromatic carbocycles. The average molecular weight is 565 g/mol. The Labute approximate surface area is 231 Å². The Kier molecular flexibility index (Phi) is 7.99. The number of carbonyl (C=O) groups is 2. The smallest absolute Gasteiger partial charge is 0.416 e. The summed E-state index contributed by atoms with van der Waals surface area (Å²) in [6.07, 6.45) is -4.46. The van der Waals surface area contributed by atoms with Gasteiger partial charge >= 0.3 is 12.1 Å². The molecular weight excluding hydrogens is 541 g/mol. The Morgan fingerprint density at radius 2 is 1.73 bits per heavy atom. The summed E-state index contributed by atoms with van der Waals surface area (Å²) in [4.78, 5) is 29.7. The fourth-order valence-electron chi connectivity index (χ4n) is 4.17. The fraction of sp³-hybridized carbons (Fsp3) is 0.143. The molecule has 4 rings (SSSR count). The molecule has 1 aromatic heterocycles. The number of carboxylic acid groups (broad SMARTS) is 1. The van der Waals surface area contributed by atoms with Crippen LogP contribution in [0.1, 0.15) is 32.0 Å². The van der Waals surface area contributed by atoms with Gasteiger partial charge in [-0.15, -0.1) is 0 Å². The van der Waals surface area contributed by atoms with Gasteiger partial charge in [-0.1, -0.05) is 35.6 Å². The lowest BCUT2D eigenvalue weighted by atomic mass is 9.98. The van der Waals surface area contributed by atoms with E-state index < -0.39 is 29.7 Å². The van der Waals surface area contributed by atoms with E-state index in [-0.39, 0.29) is 45.7 Å². The molecule has 0 radical (unpaired) electrons. The van der Waals surface area contributed by atoms with Crippen molar-refractivity contribution in [1.29, 1.82) is 10.9 Å².